The lowest BCUT2D eigenvalue weighted by molar-refractivity contribution is -0.120. The minimum atomic E-state index is -0.364. The second kappa shape index (κ2) is 7.40. The number of nitrogen functional groups attached to an aromatic ring is 1. The van der Waals surface area contributed by atoms with Crippen molar-refractivity contribution in [3.8, 4) is 0 Å². The molecule has 106 valence electrons. The molecule has 0 saturated carbocycles. The maximum absolute atomic E-state index is 11.8. The Kier molecular flexibility index (Phi) is 5.84. The van der Waals surface area contributed by atoms with Gasteiger partial charge in [-0.25, -0.2) is 0 Å². The van der Waals surface area contributed by atoms with Gasteiger partial charge >= 0.3 is 0 Å². The normalized spacial score (nSPS) is 10.2. The third kappa shape index (κ3) is 4.27. The number of anilines is 1. The van der Waals surface area contributed by atoms with Crippen molar-refractivity contribution < 1.29 is 9.59 Å². The van der Waals surface area contributed by atoms with Gasteiger partial charge in [0, 0.05) is 19.5 Å². The summed E-state index contributed by atoms with van der Waals surface area (Å²) in [5.41, 5.74) is 7.08. The van der Waals surface area contributed by atoms with Crippen LogP contribution >= 0.6 is 0 Å². The van der Waals surface area contributed by atoms with Crippen LogP contribution in [0.3, 0.4) is 0 Å². The maximum Gasteiger partial charge on any atom is 0.273 e. The van der Waals surface area contributed by atoms with Crippen molar-refractivity contribution in [1.29, 1.82) is 0 Å². The minimum absolute atomic E-state index is 0.0774. The molecule has 7 heteroatoms. The second-order valence-electron chi connectivity index (χ2n) is 4.17. The number of carbonyl (C=O) groups is 2. The van der Waals surface area contributed by atoms with Crippen molar-refractivity contribution in [1.82, 2.24) is 20.8 Å². The van der Waals surface area contributed by atoms with Crippen molar-refractivity contribution in [2.75, 3.05) is 18.8 Å². The summed E-state index contributed by atoms with van der Waals surface area (Å²) in [5.74, 6) is -0.442. The lowest BCUT2D eigenvalue weighted by atomic mass is 10.2. The third-order valence-electron chi connectivity index (χ3n) is 2.66. The monoisotopic (exact) mass is 267 g/mol. The van der Waals surface area contributed by atoms with Crippen molar-refractivity contribution >= 4 is 17.5 Å². The zero-order chi connectivity index (χ0) is 14.3. The standard InChI is InChI=1S/C12H21N5O2/c1-3-6-14-9(18)5-7-15-12(19)11-10(13)8(4-2)16-17-11/h3-7,13H2,1-2H3,(H,14,18)(H,15,19)(H,16,17). The van der Waals surface area contributed by atoms with Crippen molar-refractivity contribution in [3.63, 3.8) is 0 Å². The lowest BCUT2D eigenvalue weighted by Gasteiger charge is -2.05. The predicted octanol–water partition coefficient (Wildman–Crippen LogP) is 0.200. The summed E-state index contributed by atoms with van der Waals surface area (Å²) in [6, 6.07) is 0. The van der Waals surface area contributed by atoms with Crippen LogP contribution in [0.4, 0.5) is 5.69 Å². The summed E-state index contributed by atoms with van der Waals surface area (Å²) in [7, 11) is 0. The zero-order valence-corrected chi connectivity index (χ0v) is 11.4. The van der Waals surface area contributed by atoms with Gasteiger partial charge in [-0.05, 0) is 12.8 Å². The molecule has 1 rings (SSSR count). The average molecular weight is 267 g/mol. The van der Waals surface area contributed by atoms with Gasteiger partial charge in [0.1, 0.15) is 0 Å². The molecule has 0 saturated heterocycles. The van der Waals surface area contributed by atoms with E-state index in [-0.39, 0.29) is 30.5 Å². The van der Waals surface area contributed by atoms with Gasteiger partial charge in [0.25, 0.3) is 5.91 Å². The van der Waals surface area contributed by atoms with E-state index in [2.05, 4.69) is 20.8 Å². The van der Waals surface area contributed by atoms with E-state index in [4.69, 9.17) is 5.73 Å². The van der Waals surface area contributed by atoms with Crippen LogP contribution in [0.2, 0.25) is 0 Å². The number of amides is 2. The zero-order valence-electron chi connectivity index (χ0n) is 11.4. The molecule has 19 heavy (non-hydrogen) atoms. The first-order chi connectivity index (χ1) is 9.10. The molecule has 0 bridgehead atoms. The molecule has 0 atom stereocenters. The molecular weight excluding hydrogens is 246 g/mol. The van der Waals surface area contributed by atoms with Crippen LogP contribution < -0.4 is 16.4 Å². The number of aromatic amines is 1. The van der Waals surface area contributed by atoms with Crippen LogP contribution in [0.25, 0.3) is 0 Å². The Morgan fingerprint density at radius 3 is 2.58 bits per heavy atom. The molecule has 0 aromatic carbocycles. The number of hydrogen-bond acceptors (Lipinski definition) is 4. The van der Waals surface area contributed by atoms with E-state index in [0.717, 1.165) is 12.1 Å². The Labute approximate surface area is 112 Å². The molecule has 0 radical (unpaired) electrons. The average Bonchev–Trinajstić information content (AvgIpc) is 2.77. The fraction of sp³-hybridized carbons (Fsp3) is 0.583. The number of H-pyrrole nitrogens is 1. The van der Waals surface area contributed by atoms with Crippen molar-refractivity contribution in [3.05, 3.63) is 11.4 Å². The SMILES string of the molecule is CCCNC(=O)CCNC(=O)c1n[nH]c(CC)c1N. The van der Waals surface area contributed by atoms with Crippen LogP contribution in [0, 0.1) is 0 Å². The van der Waals surface area contributed by atoms with Crippen LogP contribution in [-0.4, -0.2) is 35.1 Å². The molecule has 0 aliphatic carbocycles. The molecule has 2 amide bonds. The summed E-state index contributed by atoms with van der Waals surface area (Å²) in [6.07, 6.45) is 1.82. The third-order valence-corrected chi connectivity index (χ3v) is 2.66. The molecule has 0 unspecified atom stereocenters. The number of nitrogens with zero attached hydrogens (tertiary/aromatic N) is 1. The highest BCUT2D eigenvalue weighted by Crippen LogP contribution is 2.13. The molecule has 0 spiro atoms. The molecule has 1 aromatic rings. The van der Waals surface area contributed by atoms with E-state index in [0.29, 0.717) is 18.7 Å². The molecule has 5 N–H and O–H groups in total. The van der Waals surface area contributed by atoms with Gasteiger partial charge < -0.3 is 16.4 Å². The van der Waals surface area contributed by atoms with Crippen LogP contribution in [0.5, 0.6) is 0 Å². The van der Waals surface area contributed by atoms with Crippen LogP contribution in [-0.2, 0) is 11.2 Å². The Hall–Kier alpha value is -2.05. The molecule has 0 aliphatic heterocycles. The fourth-order valence-electron chi connectivity index (χ4n) is 1.56. The van der Waals surface area contributed by atoms with E-state index in [9.17, 15) is 9.59 Å². The highest BCUT2D eigenvalue weighted by molar-refractivity contribution is 5.97. The molecule has 0 fully saturated rings. The van der Waals surface area contributed by atoms with Crippen LogP contribution in [0.15, 0.2) is 0 Å². The van der Waals surface area contributed by atoms with Gasteiger partial charge in [-0.15, -0.1) is 0 Å². The Morgan fingerprint density at radius 2 is 2.00 bits per heavy atom. The Morgan fingerprint density at radius 1 is 1.26 bits per heavy atom. The van der Waals surface area contributed by atoms with E-state index >= 15 is 0 Å². The Balaban J connectivity index is 2.39. The van der Waals surface area contributed by atoms with Gasteiger partial charge in [-0.1, -0.05) is 13.8 Å². The first-order valence-corrected chi connectivity index (χ1v) is 6.47. The number of aryl methyl sites for hydroxylation is 1. The number of hydrogen-bond donors (Lipinski definition) is 4. The fourth-order valence-corrected chi connectivity index (χ4v) is 1.56. The number of aromatic nitrogens is 2. The molecule has 0 aliphatic rings. The van der Waals surface area contributed by atoms with E-state index < -0.39 is 0 Å². The van der Waals surface area contributed by atoms with Crippen molar-refractivity contribution in [2.45, 2.75) is 33.1 Å². The molecule has 7 nitrogen and oxygen atoms in total. The van der Waals surface area contributed by atoms with E-state index in [1.807, 2.05) is 13.8 Å². The predicted molar refractivity (Wildman–Crippen MR) is 72.6 cm³/mol. The van der Waals surface area contributed by atoms with E-state index in [1.165, 1.54) is 0 Å². The van der Waals surface area contributed by atoms with Gasteiger partial charge in [-0.3, -0.25) is 14.7 Å². The molecule has 1 aromatic heterocycles. The summed E-state index contributed by atoms with van der Waals surface area (Å²) in [4.78, 5) is 23.1. The van der Waals surface area contributed by atoms with E-state index in [1.54, 1.807) is 0 Å². The van der Waals surface area contributed by atoms with Crippen LogP contribution in [0.1, 0.15) is 42.9 Å². The highest BCUT2D eigenvalue weighted by Gasteiger charge is 2.16. The van der Waals surface area contributed by atoms with Gasteiger partial charge in [-0.2, -0.15) is 5.10 Å². The largest absolute Gasteiger partial charge is 0.395 e. The minimum Gasteiger partial charge on any atom is -0.395 e. The second-order valence-corrected chi connectivity index (χ2v) is 4.17. The van der Waals surface area contributed by atoms with Crippen molar-refractivity contribution in [2.24, 2.45) is 0 Å². The maximum atomic E-state index is 11.8. The Bertz CT molecular complexity index is 441. The van der Waals surface area contributed by atoms with Gasteiger partial charge in [0.2, 0.25) is 5.91 Å². The quantitative estimate of drug-likeness (QED) is 0.565. The smallest absolute Gasteiger partial charge is 0.273 e. The van der Waals surface area contributed by atoms with Gasteiger partial charge in [0.05, 0.1) is 11.4 Å². The number of carbonyl (C=O) groups excluding carboxylic acids is 2. The number of rotatable bonds is 7. The highest BCUT2D eigenvalue weighted by atomic mass is 16.2. The first kappa shape index (κ1) is 15.0. The summed E-state index contributed by atoms with van der Waals surface area (Å²) in [6.45, 7) is 4.82. The summed E-state index contributed by atoms with van der Waals surface area (Å²) >= 11 is 0. The van der Waals surface area contributed by atoms with Gasteiger partial charge in [0.15, 0.2) is 5.69 Å². The summed E-state index contributed by atoms with van der Waals surface area (Å²) < 4.78 is 0. The number of nitrogens with one attached hydrogen (secondary N) is 3. The lowest BCUT2D eigenvalue weighted by Crippen LogP contribution is -2.31. The summed E-state index contributed by atoms with van der Waals surface area (Å²) in [5, 5.41) is 11.9. The number of nitrogens with two attached hydrogens (primary N) is 1. The topological polar surface area (TPSA) is 113 Å². The molecular formula is C12H21N5O2. The first-order valence-electron chi connectivity index (χ1n) is 6.47. The molecule has 1 heterocycles.